The van der Waals surface area contributed by atoms with Crippen molar-refractivity contribution in [1.29, 1.82) is 0 Å². The summed E-state index contributed by atoms with van der Waals surface area (Å²) in [6.45, 7) is 19.2. The summed E-state index contributed by atoms with van der Waals surface area (Å²) in [5.74, 6) is 0.663. The first kappa shape index (κ1) is 16.4. The van der Waals surface area contributed by atoms with Crippen molar-refractivity contribution in [2.45, 2.75) is 68.7 Å². The fourth-order valence-corrected chi connectivity index (χ4v) is 2.46. The van der Waals surface area contributed by atoms with E-state index < -0.39 is 0 Å². The van der Waals surface area contributed by atoms with Gasteiger partial charge in [-0.05, 0) is 35.7 Å². The first-order chi connectivity index (χ1) is 7.42. The fourth-order valence-electron chi connectivity index (χ4n) is 2.46. The summed E-state index contributed by atoms with van der Waals surface area (Å²) in [4.78, 5) is 12.0. The molecule has 0 bridgehead atoms. The number of allylic oxidation sites excluding steroid dienone is 2. The number of hydrogen-bond donors (Lipinski definition) is 0. The van der Waals surface area contributed by atoms with E-state index in [1.807, 2.05) is 0 Å². The lowest BCUT2D eigenvalue weighted by Crippen LogP contribution is -2.26. The van der Waals surface area contributed by atoms with Gasteiger partial charge in [0.25, 0.3) is 0 Å². The third-order valence-corrected chi connectivity index (χ3v) is 3.63. The van der Waals surface area contributed by atoms with Gasteiger partial charge in [-0.2, -0.15) is 0 Å². The van der Waals surface area contributed by atoms with Crippen molar-refractivity contribution in [3.05, 3.63) is 11.1 Å². The van der Waals surface area contributed by atoms with E-state index in [0.29, 0.717) is 5.92 Å². The lowest BCUT2D eigenvalue weighted by atomic mass is 9.70. The van der Waals surface area contributed by atoms with Crippen LogP contribution in [0, 0.1) is 16.7 Å². The van der Waals surface area contributed by atoms with Crippen LogP contribution in [0.25, 0.3) is 0 Å². The van der Waals surface area contributed by atoms with Gasteiger partial charge in [0.2, 0.25) is 0 Å². The molecule has 0 aliphatic carbocycles. The van der Waals surface area contributed by atoms with Crippen molar-refractivity contribution in [2.75, 3.05) is 0 Å². The summed E-state index contributed by atoms with van der Waals surface area (Å²) in [5, 5.41) is 0. The lowest BCUT2D eigenvalue weighted by molar-refractivity contribution is -0.114. The van der Waals surface area contributed by atoms with E-state index in [4.69, 9.17) is 0 Å². The van der Waals surface area contributed by atoms with Crippen LogP contribution in [-0.4, -0.2) is 5.78 Å². The maximum atomic E-state index is 12.0. The highest BCUT2D eigenvalue weighted by molar-refractivity contribution is 5.95. The molecular weight excluding hydrogens is 208 g/mol. The molecule has 0 aromatic heterocycles. The minimum absolute atomic E-state index is 0.0588. The molecule has 1 unspecified atom stereocenters. The third kappa shape index (κ3) is 4.29. The van der Waals surface area contributed by atoms with Crippen molar-refractivity contribution in [1.82, 2.24) is 0 Å². The maximum absolute atomic E-state index is 12.0. The molecule has 17 heavy (non-hydrogen) atoms. The van der Waals surface area contributed by atoms with Crippen LogP contribution in [0.5, 0.6) is 0 Å². The van der Waals surface area contributed by atoms with Crippen LogP contribution in [0.2, 0.25) is 0 Å². The van der Waals surface area contributed by atoms with Gasteiger partial charge in [0.15, 0.2) is 5.78 Å². The molecule has 0 aromatic rings. The molecule has 1 atom stereocenters. The molecule has 0 radical (unpaired) electrons. The standard InChI is InChI=1S/C16H30O/c1-10-13(11(2)15(4,5)6)14(12(3)17)16(7,8)9/h11H,10H2,1-9H3/b14-13-. The fraction of sp³-hybridized carbons (Fsp3) is 0.812. The van der Waals surface area contributed by atoms with E-state index in [1.165, 1.54) is 5.57 Å². The van der Waals surface area contributed by atoms with Crippen LogP contribution >= 0.6 is 0 Å². The molecule has 0 aliphatic heterocycles. The summed E-state index contributed by atoms with van der Waals surface area (Å²) < 4.78 is 0. The van der Waals surface area contributed by atoms with Crippen molar-refractivity contribution in [3.8, 4) is 0 Å². The number of rotatable bonds is 3. The summed E-state index contributed by atoms with van der Waals surface area (Å²) >= 11 is 0. The highest BCUT2D eigenvalue weighted by Crippen LogP contribution is 2.39. The number of carbonyl (C=O) groups is 1. The van der Waals surface area contributed by atoms with Gasteiger partial charge in [-0.15, -0.1) is 0 Å². The maximum Gasteiger partial charge on any atom is 0.156 e. The molecular formula is C16H30O. The predicted octanol–water partition coefficient (Wildman–Crippen LogP) is 5.01. The van der Waals surface area contributed by atoms with E-state index in [2.05, 4.69) is 55.4 Å². The van der Waals surface area contributed by atoms with Gasteiger partial charge >= 0.3 is 0 Å². The van der Waals surface area contributed by atoms with E-state index in [-0.39, 0.29) is 16.6 Å². The number of Topliss-reactive ketones (excluding diaryl/α,β-unsaturated/α-hetero) is 1. The zero-order chi connectivity index (χ0) is 14.0. The summed E-state index contributed by atoms with van der Waals surface area (Å²) in [6, 6.07) is 0. The van der Waals surface area contributed by atoms with Crippen molar-refractivity contribution >= 4 is 5.78 Å². The quantitative estimate of drug-likeness (QED) is 0.632. The van der Waals surface area contributed by atoms with Crippen LogP contribution in [0.3, 0.4) is 0 Å². The van der Waals surface area contributed by atoms with Crippen LogP contribution in [0.15, 0.2) is 11.1 Å². The molecule has 0 fully saturated rings. The molecule has 100 valence electrons. The number of carbonyl (C=O) groups excluding carboxylic acids is 1. The van der Waals surface area contributed by atoms with Crippen LogP contribution in [-0.2, 0) is 4.79 Å². The van der Waals surface area contributed by atoms with Crippen molar-refractivity contribution < 1.29 is 4.79 Å². The van der Waals surface area contributed by atoms with Gasteiger partial charge < -0.3 is 0 Å². The average Bonchev–Trinajstić information content (AvgIpc) is 2.08. The van der Waals surface area contributed by atoms with Gasteiger partial charge in [0.1, 0.15) is 0 Å². The second-order valence-electron chi connectivity index (χ2n) is 7.15. The van der Waals surface area contributed by atoms with Crippen molar-refractivity contribution in [2.24, 2.45) is 16.7 Å². The Bertz CT molecular complexity index is 307. The molecule has 0 aliphatic rings. The van der Waals surface area contributed by atoms with E-state index in [9.17, 15) is 4.79 Å². The SMILES string of the molecule is CC/C(=C(\C(C)=O)C(C)(C)C)C(C)C(C)(C)C. The van der Waals surface area contributed by atoms with E-state index >= 15 is 0 Å². The molecule has 0 rings (SSSR count). The van der Waals surface area contributed by atoms with Gasteiger partial charge in [-0.3, -0.25) is 4.79 Å². The topological polar surface area (TPSA) is 17.1 Å². The predicted molar refractivity (Wildman–Crippen MR) is 76.1 cm³/mol. The minimum atomic E-state index is -0.0588. The molecule has 1 heteroatoms. The Morgan fingerprint density at radius 1 is 1.06 bits per heavy atom. The van der Waals surface area contributed by atoms with Gasteiger partial charge in [0, 0.05) is 0 Å². The Labute approximate surface area is 108 Å². The highest BCUT2D eigenvalue weighted by atomic mass is 16.1. The lowest BCUT2D eigenvalue weighted by Gasteiger charge is -2.34. The molecule has 0 heterocycles. The highest BCUT2D eigenvalue weighted by Gasteiger charge is 2.30. The summed E-state index contributed by atoms with van der Waals surface area (Å²) in [5.41, 5.74) is 2.51. The number of ketones is 1. The van der Waals surface area contributed by atoms with Gasteiger partial charge in [0.05, 0.1) is 0 Å². The molecule has 0 N–H and O–H groups in total. The zero-order valence-corrected chi connectivity index (χ0v) is 13.2. The normalized spacial score (nSPS) is 16.5. The summed E-state index contributed by atoms with van der Waals surface area (Å²) in [7, 11) is 0. The van der Waals surface area contributed by atoms with E-state index in [0.717, 1.165) is 12.0 Å². The smallest absolute Gasteiger partial charge is 0.156 e. The molecule has 0 saturated heterocycles. The Balaban J connectivity index is 5.79. The minimum Gasteiger partial charge on any atom is -0.295 e. The van der Waals surface area contributed by atoms with Crippen molar-refractivity contribution in [3.63, 3.8) is 0 Å². The van der Waals surface area contributed by atoms with Crippen LogP contribution in [0.4, 0.5) is 0 Å². The Kier molecular flexibility index (Phi) is 5.18. The Morgan fingerprint density at radius 3 is 1.65 bits per heavy atom. The average molecular weight is 238 g/mol. The first-order valence-corrected chi connectivity index (χ1v) is 6.67. The molecule has 0 saturated carbocycles. The molecule has 0 amide bonds. The van der Waals surface area contributed by atoms with E-state index in [1.54, 1.807) is 6.92 Å². The largest absolute Gasteiger partial charge is 0.295 e. The van der Waals surface area contributed by atoms with Gasteiger partial charge in [-0.25, -0.2) is 0 Å². The number of hydrogen-bond acceptors (Lipinski definition) is 1. The van der Waals surface area contributed by atoms with Gasteiger partial charge in [-0.1, -0.05) is 61.0 Å². The second-order valence-corrected chi connectivity index (χ2v) is 7.15. The molecule has 0 aromatic carbocycles. The molecule has 0 spiro atoms. The monoisotopic (exact) mass is 238 g/mol. The zero-order valence-electron chi connectivity index (χ0n) is 13.2. The third-order valence-electron chi connectivity index (χ3n) is 3.63. The van der Waals surface area contributed by atoms with Crippen LogP contribution < -0.4 is 0 Å². The van der Waals surface area contributed by atoms with Crippen LogP contribution in [0.1, 0.15) is 68.7 Å². The molecule has 1 nitrogen and oxygen atoms in total. The Hall–Kier alpha value is -0.590. The second kappa shape index (κ2) is 5.37. The Morgan fingerprint density at radius 2 is 1.47 bits per heavy atom. The summed E-state index contributed by atoms with van der Waals surface area (Å²) in [6.07, 6.45) is 0.963. The first-order valence-electron chi connectivity index (χ1n) is 6.67.